The van der Waals surface area contributed by atoms with E-state index in [4.69, 9.17) is 20.9 Å². The van der Waals surface area contributed by atoms with Crippen LogP contribution in [0.1, 0.15) is 24.5 Å². The van der Waals surface area contributed by atoms with Crippen LogP contribution in [-0.2, 0) is 0 Å². The van der Waals surface area contributed by atoms with Gasteiger partial charge < -0.3 is 9.26 Å². The molecule has 2 aromatic heterocycles. The molecule has 1 atom stereocenters. The standard InChI is InChI=1S/C10H11ClN2O2S/c1-3-7(11)9-12-10(15-13-9)8-4-6(14-2)5-16-8/h4-5,7H,3H2,1-2H3. The summed E-state index contributed by atoms with van der Waals surface area (Å²) in [5.74, 6) is 1.81. The first-order valence-electron chi connectivity index (χ1n) is 4.85. The third kappa shape index (κ3) is 2.20. The number of ether oxygens (including phenoxy) is 1. The molecule has 0 aromatic carbocycles. The lowest BCUT2D eigenvalue weighted by molar-refractivity contribution is 0.414. The average Bonchev–Trinajstić information content (AvgIpc) is 2.95. The summed E-state index contributed by atoms with van der Waals surface area (Å²) in [6.45, 7) is 1.97. The van der Waals surface area contributed by atoms with Gasteiger partial charge in [0.05, 0.1) is 17.4 Å². The zero-order valence-electron chi connectivity index (χ0n) is 8.94. The second kappa shape index (κ2) is 4.84. The maximum absolute atomic E-state index is 6.02. The molecule has 2 rings (SSSR count). The van der Waals surface area contributed by atoms with E-state index >= 15 is 0 Å². The molecule has 6 heteroatoms. The van der Waals surface area contributed by atoms with Crippen LogP contribution < -0.4 is 4.74 Å². The van der Waals surface area contributed by atoms with E-state index < -0.39 is 0 Å². The van der Waals surface area contributed by atoms with E-state index in [0.29, 0.717) is 11.7 Å². The largest absolute Gasteiger partial charge is 0.496 e. The zero-order chi connectivity index (χ0) is 11.5. The molecule has 16 heavy (non-hydrogen) atoms. The molecule has 0 aliphatic carbocycles. The maximum atomic E-state index is 6.02. The van der Waals surface area contributed by atoms with E-state index in [0.717, 1.165) is 17.0 Å². The first kappa shape index (κ1) is 11.4. The fourth-order valence-electron chi connectivity index (χ4n) is 1.18. The Morgan fingerprint density at radius 2 is 2.44 bits per heavy atom. The Kier molecular flexibility index (Phi) is 3.46. The highest BCUT2D eigenvalue weighted by Gasteiger charge is 2.16. The molecule has 0 spiro atoms. The molecule has 0 bridgehead atoms. The van der Waals surface area contributed by atoms with E-state index in [2.05, 4.69) is 10.1 Å². The summed E-state index contributed by atoms with van der Waals surface area (Å²) in [4.78, 5) is 5.13. The molecule has 2 aromatic rings. The van der Waals surface area contributed by atoms with Gasteiger partial charge in [-0.2, -0.15) is 4.98 Å². The predicted molar refractivity (Wildman–Crippen MR) is 63.0 cm³/mol. The van der Waals surface area contributed by atoms with Crippen molar-refractivity contribution in [1.82, 2.24) is 10.1 Å². The number of alkyl halides is 1. The number of hydrogen-bond acceptors (Lipinski definition) is 5. The van der Waals surface area contributed by atoms with Crippen molar-refractivity contribution in [3.05, 3.63) is 17.3 Å². The summed E-state index contributed by atoms with van der Waals surface area (Å²) in [7, 11) is 1.62. The molecular weight excluding hydrogens is 248 g/mol. The van der Waals surface area contributed by atoms with Crippen molar-refractivity contribution >= 4 is 22.9 Å². The van der Waals surface area contributed by atoms with Crippen molar-refractivity contribution < 1.29 is 9.26 Å². The lowest BCUT2D eigenvalue weighted by atomic mass is 10.3. The normalized spacial score (nSPS) is 12.7. The summed E-state index contributed by atoms with van der Waals surface area (Å²) >= 11 is 7.51. The van der Waals surface area contributed by atoms with Gasteiger partial charge in [0.15, 0.2) is 5.82 Å². The van der Waals surface area contributed by atoms with Gasteiger partial charge in [-0.05, 0) is 6.42 Å². The Bertz CT molecular complexity index is 469. The van der Waals surface area contributed by atoms with E-state index in [1.54, 1.807) is 7.11 Å². The van der Waals surface area contributed by atoms with Gasteiger partial charge in [0.1, 0.15) is 5.75 Å². The molecule has 0 saturated heterocycles. The Morgan fingerprint density at radius 3 is 3.06 bits per heavy atom. The number of halogens is 1. The number of thiophene rings is 1. The lowest BCUT2D eigenvalue weighted by Crippen LogP contribution is -1.90. The molecule has 4 nitrogen and oxygen atoms in total. The van der Waals surface area contributed by atoms with Crippen molar-refractivity contribution in [2.45, 2.75) is 18.7 Å². The van der Waals surface area contributed by atoms with Crippen molar-refractivity contribution in [1.29, 1.82) is 0 Å². The SMILES string of the molecule is CCC(Cl)c1noc(-c2cc(OC)cs2)n1. The van der Waals surface area contributed by atoms with E-state index in [-0.39, 0.29) is 5.38 Å². The zero-order valence-corrected chi connectivity index (χ0v) is 10.5. The minimum absolute atomic E-state index is 0.195. The van der Waals surface area contributed by atoms with Gasteiger partial charge >= 0.3 is 0 Å². The number of hydrogen-bond donors (Lipinski definition) is 0. The molecule has 0 aliphatic rings. The van der Waals surface area contributed by atoms with Gasteiger partial charge in [0.25, 0.3) is 5.89 Å². The summed E-state index contributed by atoms with van der Waals surface area (Å²) < 4.78 is 10.2. The van der Waals surface area contributed by atoms with Gasteiger partial charge in [-0.25, -0.2) is 0 Å². The third-order valence-electron chi connectivity index (χ3n) is 2.10. The van der Waals surface area contributed by atoms with Crippen LogP contribution in [0.4, 0.5) is 0 Å². The minimum Gasteiger partial charge on any atom is -0.496 e. The fraction of sp³-hybridized carbons (Fsp3) is 0.400. The summed E-state index contributed by atoms with van der Waals surface area (Å²) in [6.07, 6.45) is 0.772. The monoisotopic (exact) mass is 258 g/mol. The van der Waals surface area contributed by atoms with Crippen LogP contribution in [0.5, 0.6) is 5.75 Å². The summed E-state index contributed by atoms with van der Waals surface area (Å²) in [5.41, 5.74) is 0. The maximum Gasteiger partial charge on any atom is 0.268 e. The van der Waals surface area contributed by atoms with Crippen LogP contribution in [0, 0.1) is 0 Å². The van der Waals surface area contributed by atoms with E-state index in [1.807, 2.05) is 18.4 Å². The molecule has 0 N–H and O–H groups in total. The van der Waals surface area contributed by atoms with Gasteiger partial charge in [-0.3, -0.25) is 0 Å². The van der Waals surface area contributed by atoms with Crippen LogP contribution in [0.2, 0.25) is 0 Å². The Hall–Kier alpha value is -1.07. The molecule has 1 unspecified atom stereocenters. The average molecular weight is 259 g/mol. The molecule has 0 amide bonds. The summed E-state index contributed by atoms with van der Waals surface area (Å²) in [5, 5.41) is 5.54. The van der Waals surface area contributed by atoms with E-state index in [1.165, 1.54) is 11.3 Å². The highest BCUT2D eigenvalue weighted by molar-refractivity contribution is 7.13. The molecular formula is C10H11ClN2O2S. The second-order valence-corrected chi connectivity index (χ2v) is 4.62. The van der Waals surface area contributed by atoms with Gasteiger partial charge in [-0.1, -0.05) is 12.1 Å². The minimum atomic E-state index is -0.195. The van der Waals surface area contributed by atoms with Crippen molar-refractivity contribution in [3.8, 4) is 16.5 Å². The molecule has 0 radical (unpaired) electrons. The Labute approximate surface area is 102 Å². The molecule has 0 saturated carbocycles. The number of rotatable bonds is 4. The van der Waals surface area contributed by atoms with Crippen LogP contribution in [0.3, 0.4) is 0 Å². The van der Waals surface area contributed by atoms with Crippen LogP contribution in [0.15, 0.2) is 16.0 Å². The van der Waals surface area contributed by atoms with Crippen LogP contribution in [0.25, 0.3) is 10.8 Å². The topological polar surface area (TPSA) is 48.2 Å². The Morgan fingerprint density at radius 1 is 1.62 bits per heavy atom. The van der Waals surface area contributed by atoms with Gasteiger partial charge in [0.2, 0.25) is 0 Å². The molecule has 0 aliphatic heterocycles. The van der Waals surface area contributed by atoms with Crippen molar-refractivity contribution in [3.63, 3.8) is 0 Å². The first-order chi connectivity index (χ1) is 7.74. The predicted octanol–water partition coefficient (Wildman–Crippen LogP) is 3.50. The van der Waals surface area contributed by atoms with Crippen molar-refractivity contribution in [2.24, 2.45) is 0 Å². The lowest BCUT2D eigenvalue weighted by Gasteiger charge is -1.95. The van der Waals surface area contributed by atoms with Gasteiger partial charge in [0, 0.05) is 11.4 Å². The summed E-state index contributed by atoms with van der Waals surface area (Å²) in [6, 6.07) is 1.86. The van der Waals surface area contributed by atoms with E-state index in [9.17, 15) is 0 Å². The van der Waals surface area contributed by atoms with Crippen molar-refractivity contribution in [2.75, 3.05) is 7.11 Å². The number of methoxy groups -OCH3 is 1. The second-order valence-electron chi connectivity index (χ2n) is 3.18. The first-order valence-corrected chi connectivity index (χ1v) is 6.16. The highest BCUT2D eigenvalue weighted by atomic mass is 35.5. The Balaban J connectivity index is 2.24. The molecule has 2 heterocycles. The van der Waals surface area contributed by atoms with Crippen LogP contribution in [-0.4, -0.2) is 17.3 Å². The number of nitrogens with zero attached hydrogens (tertiary/aromatic N) is 2. The quantitative estimate of drug-likeness (QED) is 0.788. The molecule has 0 fully saturated rings. The third-order valence-corrected chi connectivity index (χ3v) is 3.50. The van der Waals surface area contributed by atoms with Gasteiger partial charge in [-0.15, -0.1) is 22.9 Å². The number of aromatic nitrogens is 2. The smallest absolute Gasteiger partial charge is 0.268 e. The molecule has 86 valence electrons. The fourth-order valence-corrected chi connectivity index (χ4v) is 2.05. The van der Waals surface area contributed by atoms with Crippen LogP contribution >= 0.6 is 22.9 Å². The highest BCUT2D eigenvalue weighted by Crippen LogP contribution is 2.31.